The van der Waals surface area contributed by atoms with Crippen molar-refractivity contribution in [2.24, 2.45) is 0 Å². The molecule has 0 saturated carbocycles. The molecule has 0 radical (unpaired) electrons. The van der Waals surface area contributed by atoms with Gasteiger partial charge in [0.15, 0.2) is 11.5 Å². The first-order chi connectivity index (χ1) is 10.0. The van der Waals surface area contributed by atoms with Crippen molar-refractivity contribution in [2.75, 3.05) is 7.11 Å². The minimum Gasteiger partial charge on any atom is -0.503 e. The molecule has 2 aromatic carbocycles. The molecule has 2 aromatic rings. The van der Waals surface area contributed by atoms with Gasteiger partial charge in [0.2, 0.25) is 0 Å². The lowest BCUT2D eigenvalue weighted by Crippen LogP contribution is -2.14. The molecule has 0 aromatic heterocycles. The average Bonchev–Trinajstić information content (AvgIpc) is 2.46. The standard InChI is InChI=1S/C15H14BrF2NO2/c1-21-14-5-9(4-12(16)15(14)20)7-19-8-10-6-11(17)2-3-13(10)18/h2-6,19-20H,7-8H2,1H3. The Balaban J connectivity index is 2.03. The van der Waals surface area contributed by atoms with Gasteiger partial charge >= 0.3 is 0 Å². The lowest BCUT2D eigenvalue weighted by molar-refractivity contribution is 0.371. The molecule has 3 nitrogen and oxygen atoms in total. The number of nitrogens with one attached hydrogen (secondary N) is 1. The molecule has 0 aliphatic rings. The van der Waals surface area contributed by atoms with E-state index in [4.69, 9.17) is 4.74 Å². The Morgan fingerprint density at radius 1 is 1.19 bits per heavy atom. The van der Waals surface area contributed by atoms with Crippen molar-refractivity contribution in [1.29, 1.82) is 0 Å². The van der Waals surface area contributed by atoms with Gasteiger partial charge in [-0.25, -0.2) is 8.78 Å². The molecule has 0 spiro atoms. The van der Waals surface area contributed by atoms with E-state index in [1.807, 2.05) is 0 Å². The monoisotopic (exact) mass is 357 g/mol. The summed E-state index contributed by atoms with van der Waals surface area (Å²) >= 11 is 3.23. The summed E-state index contributed by atoms with van der Waals surface area (Å²) in [4.78, 5) is 0. The van der Waals surface area contributed by atoms with Crippen molar-refractivity contribution in [2.45, 2.75) is 13.1 Å². The zero-order chi connectivity index (χ0) is 15.4. The van der Waals surface area contributed by atoms with Gasteiger partial charge < -0.3 is 15.2 Å². The summed E-state index contributed by atoms with van der Waals surface area (Å²) in [5.41, 5.74) is 1.10. The van der Waals surface area contributed by atoms with Crippen molar-refractivity contribution in [3.05, 3.63) is 57.6 Å². The minimum absolute atomic E-state index is 0.0254. The second-order valence-corrected chi connectivity index (χ2v) is 5.32. The van der Waals surface area contributed by atoms with Crippen LogP contribution in [0.4, 0.5) is 8.78 Å². The Morgan fingerprint density at radius 3 is 2.67 bits per heavy atom. The van der Waals surface area contributed by atoms with E-state index in [9.17, 15) is 13.9 Å². The minimum atomic E-state index is -0.470. The molecule has 0 unspecified atom stereocenters. The van der Waals surface area contributed by atoms with Crippen LogP contribution in [-0.2, 0) is 13.1 Å². The van der Waals surface area contributed by atoms with Crippen LogP contribution in [0.5, 0.6) is 11.5 Å². The zero-order valence-electron chi connectivity index (χ0n) is 11.3. The van der Waals surface area contributed by atoms with Crippen molar-refractivity contribution < 1.29 is 18.6 Å². The maximum absolute atomic E-state index is 13.5. The number of aromatic hydroxyl groups is 1. The van der Waals surface area contributed by atoms with E-state index in [1.165, 1.54) is 7.11 Å². The van der Waals surface area contributed by atoms with Crippen LogP contribution in [0.1, 0.15) is 11.1 Å². The highest BCUT2D eigenvalue weighted by molar-refractivity contribution is 9.10. The van der Waals surface area contributed by atoms with Gasteiger partial charge in [-0.2, -0.15) is 0 Å². The lowest BCUT2D eigenvalue weighted by atomic mass is 10.1. The van der Waals surface area contributed by atoms with Crippen LogP contribution in [0.25, 0.3) is 0 Å². The fraction of sp³-hybridized carbons (Fsp3) is 0.200. The fourth-order valence-corrected chi connectivity index (χ4v) is 2.39. The van der Waals surface area contributed by atoms with Gasteiger partial charge in [0.25, 0.3) is 0 Å². The molecule has 112 valence electrons. The summed E-state index contributed by atoms with van der Waals surface area (Å²) in [5.74, 6) is -0.550. The number of benzene rings is 2. The van der Waals surface area contributed by atoms with Crippen LogP contribution < -0.4 is 10.1 Å². The van der Waals surface area contributed by atoms with Crippen molar-refractivity contribution >= 4 is 15.9 Å². The Labute approximate surface area is 129 Å². The van der Waals surface area contributed by atoms with Gasteiger partial charge in [-0.05, 0) is 51.8 Å². The third-order valence-electron chi connectivity index (χ3n) is 2.96. The first kappa shape index (κ1) is 15.7. The van der Waals surface area contributed by atoms with Crippen LogP contribution in [0.3, 0.4) is 0 Å². The summed E-state index contributed by atoms with van der Waals surface area (Å²) in [6.45, 7) is 0.621. The molecule has 0 atom stereocenters. The number of ether oxygens (including phenoxy) is 1. The molecule has 0 amide bonds. The molecular formula is C15H14BrF2NO2. The molecule has 6 heteroatoms. The molecule has 0 aliphatic heterocycles. The number of rotatable bonds is 5. The Bertz CT molecular complexity index is 650. The number of phenolic OH excluding ortho intramolecular Hbond substituents is 1. The van der Waals surface area contributed by atoms with Crippen molar-refractivity contribution in [3.63, 3.8) is 0 Å². The van der Waals surface area contributed by atoms with E-state index in [2.05, 4.69) is 21.2 Å². The summed E-state index contributed by atoms with van der Waals surface area (Å²) in [5, 5.41) is 12.7. The van der Waals surface area contributed by atoms with Crippen molar-refractivity contribution in [3.8, 4) is 11.5 Å². The van der Waals surface area contributed by atoms with E-state index in [0.717, 1.165) is 23.8 Å². The molecular weight excluding hydrogens is 344 g/mol. The topological polar surface area (TPSA) is 41.5 Å². The highest BCUT2D eigenvalue weighted by atomic mass is 79.9. The molecule has 21 heavy (non-hydrogen) atoms. The fourth-order valence-electron chi connectivity index (χ4n) is 1.91. The molecule has 0 aliphatic carbocycles. The van der Waals surface area contributed by atoms with Crippen LogP contribution in [0.2, 0.25) is 0 Å². The van der Waals surface area contributed by atoms with E-state index < -0.39 is 11.6 Å². The Kier molecular flexibility index (Phi) is 5.14. The van der Waals surface area contributed by atoms with E-state index in [-0.39, 0.29) is 17.9 Å². The van der Waals surface area contributed by atoms with Crippen LogP contribution in [0.15, 0.2) is 34.8 Å². The van der Waals surface area contributed by atoms with Gasteiger partial charge in [0.05, 0.1) is 11.6 Å². The Morgan fingerprint density at radius 2 is 1.95 bits per heavy atom. The van der Waals surface area contributed by atoms with E-state index in [1.54, 1.807) is 12.1 Å². The molecule has 0 saturated heterocycles. The average molecular weight is 358 g/mol. The number of phenols is 1. The van der Waals surface area contributed by atoms with Crippen LogP contribution in [-0.4, -0.2) is 12.2 Å². The third-order valence-corrected chi connectivity index (χ3v) is 3.56. The molecule has 0 bridgehead atoms. The smallest absolute Gasteiger partial charge is 0.172 e. The zero-order valence-corrected chi connectivity index (χ0v) is 12.9. The third kappa shape index (κ3) is 3.92. The molecule has 0 fully saturated rings. The number of halogens is 3. The maximum Gasteiger partial charge on any atom is 0.172 e. The predicted molar refractivity (Wildman–Crippen MR) is 79.3 cm³/mol. The summed E-state index contributed by atoms with van der Waals surface area (Å²) in [7, 11) is 1.46. The first-order valence-corrected chi connectivity index (χ1v) is 7.00. The van der Waals surface area contributed by atoms with E-state index in [0.29, 0.717) is 16.8 Å². The normalized spacial score (nSPS) is 10.7. The number of methoxy groups -OCH3 is 1. The van der Waals surface area contributed by atoms with Crippen LogP contribution >= 0.6 is 15.9 Å². The van der Waals surface area contributed by atoms with Gasteiger partial charge in [0.1, 0.15) is 11.6 Å². The summed E-state index contributed by atoms with van der Waals surface area (Å²) in [6.07, 6.45) is 0. The van der Waals surface area contributed by atoms with Gasteiger partial charge in [0, 0.05) is 18.7 Å². The van der Waals surface area contributed by atoms with Crippen molar-refractivity contribution in [1.82, 2.24) is 5.32 Å². The SMILES string of the molecule is COc1cc(CNCc2cc(F)ccc2F)cc(Br)c1O. The lowest BCUT2D eigenvalue weighted by Gasteiger charge is -2.10. The van der Waals surface area contributed by atoms with E-state index >= 15 is 0 Å². The predicted octanol–water partition coefficient (Wildman–Crippen LogP) is 3.73. The number of hydrogen-bond acceptors (Lipinski definition) is 3. The molecule has 2 rings (SSSR count). The highest BCUT2D eigenvalue weighted by Crippen LogP contribution is 2.35. The van der Waals surface area contributed by atoms with Gasteiger partial charge in [-0.15, -0.1) is 0 Å². The first-order valence-electron chi connectivity index (χ1n) is 6.21. The van der Waals surface area contributed by atoms with Gasteiger partial charge in [-0.1, -0.05) is 0 Å². The maximum atomic E-state index is 13.5. The second-order valence-electron chi connectivity index (χ2n) is 4.47. The number of hydrogen-bond donors (Lipinski definition) is 2. The quantitative estimate of drug-likeness (QED) is 0.856. The summed E-state index contributed by atoms with van der Waals surface area (Å²) in [6, 6.07) is 6.75. The highest BCUT2D eigenvalue weighted by Gasteiger charge is 2.09. The molecule has 2 N–H and O–H groups in total. The van der Waals surface area contributed by atoms with Crippen LogP contribution in [0, 0.1) is 11.6 Å². The largest absolute Gasteiger partial charge is 0.503 e. The molecule has 0 heterocycles. The Hall–Kier alpha value is -1.66. The second kappa shape index (κ2) is 6.87. The van der Waals surface area contributed by atoms with Gasteiger partial charge in [-0.3, -0.25) is 0 Å². The summed E-state index contributed by atoms with van der Waals surface area (Å²) < 4.78 is 32.1.